The monoisotopic (exact) mass is 203 g/mol. The lowest BCUT2D eigenvalue weighted by Gasteiger charge is -2.06. The van der Waals surface area contributed by atoms with Crippen molar-refractivity contribution in [3.8, 4) is 0 Å². The predicted octanol–water partition coefficient (Wildman–Crippen LogP) is 2.84. The standard InChI is InChI=1S/C9H8F3NO/c1-13-14-6-7-2-4-8(5-3-7)9(10,11)12/h2-5H,1,6H2. The molecule has 5 heteroatoms. The van der Waals surface area contributed by atoms with Gasteiger partial charge in [-0.2, -0.15) is 13.2 Å². The van der Waals surface area contributed by atoms with Crippen LogP contribution in [0, 0.1) is 0 Å². The summed E-state index contributed by atoms with van der Waals surface area (Å²) in [5, 5.41) is 3.13. The first-order valence-electron chi connectivity index (χ1n) is 3.78. The minimum absolute atomic E-state index is 0.127. The van der Waals surface area contributed by atoms with Crippen molar-refractivity contribution in [1.29, 1.82) is 0 Å². The first-order chi connectivity index (χ1) is 6.54. The summed E-state index contributed by atoms with van der Waals surface area (Å²) in [7, 11) is 0. The highest BCUT2D eigenvalue weighted by Crippen LogP contribution is 2.29. The van der Waals surface area contributed by atoms with Gasteiger partial charge in [-0.1, -0.05) is 12.1 Å². The lowest BCUT2D eigenvalue weighted by Crippen LogP contribution is -2.04. The fourth-order valence-electron chi connectivity index (χ4n) is 0.910. The number of benzene rings is 1. The van der Waals surface area contributed by atoms with Crippen LogP contribution in [0.5, 0.6) is 0 Å². The van der Waals surface area contributed by atoms with Crippen LogP contribution in [0.4, 0.5) is 13.2 Å². The van der Waals surface area contributed by atoms with Crippen LogP contribution < -0.4 is 0 Å². The van der Waals surface area contributed by atoms with E-state index >= 15 is 0 Å². The van der Waals surface area contributed by atoms with E-state index in [4.69, 9.17) is 0 Å². The minimum Gasteiger partial charge on any atom is -0.391 e. The third-order valence-corrected chi connectivity index (χ3v) is 1.60. The van der Waals surface area contributed by atoms with E-state index in [0.29, 0.717) is 5.56 Å². The molecule has 0 fully saturated rings. The van der Waals surface area contributed by atoms with Gasteiger partial charge >= 0.3 is 6.18 Å². The van der Waals surface area contributed by atoms with Crippen LogP contribution in [0.3, 0.4) is 0 Å². The van der Waals surface area contributed by atoms with E-state index in [-0.39, 0.29) is 6.61 Å². The van der Waals surface area contributed by atoms with E-state index in [1.54, 1.807) is 0 Å². The smallest absolute Gasteiger partial charge is 0.391 e. The summed E-state index contributed by atoms with van der Waals surface area (Å²) < 4.78 is 36.3. The molecule has 1 rings (SSSR count). The van der Waals surface area contributed by atoms with Gasteiger partial charge in [-0.3, -0.25) is 0 Å². The molecule has 0 N–H and O–H groups in total. The second-order valence-electron chi connectivity index (χ2n) is 2.60. The second-order valence-corrected chi connectivity index (χ2v) is 2.60. The van der Waals surface area contributed by atoms with E-state index in [1.807, 2.05) is 0 Å². The van der Waals surface area contributed by atoms with E-state index in [1.165, 1.54) is 12.1 Å². The molecule has 0 aromatic heterocycles. The highest BCUT2D eigenvalue weighted by atomic mass is 19.4. The topological polar surface area (TPSA) is 21.6 Å². The molecule has 0 aliphatic heterocycles. The third-order valence-electron chi connectivity index (χ3n) is 1.60. The van der Waals surface area contributed by atoms with Crippen molar-refractivity contribution in [3.05, 3.63) is 35.4 Å². The quantitative estimate of drug-likeness (QED) is 0.546. The van der Waals surface area contributed by atoms with Crippen molar-refractivity contribution >= 4 is 6.72 Å². The lowest BCUT2D eigenvalue weighted by atomic mass is 10.1. The molecular weight excluding hydrogens is 195 g/mol. The highest BCUT2D eigenvalue weighted by molar-refractivity contribution is 5.24. The number of hydrogen-bond acceptors (Lipinski definition) is 2. The Morgan fingerprint density at radius 1 is 1.21 bits per heavy atom. The number of oxime groups is 1. The number of nitrogens with zero attached hydrogens (tertiary/aromatic N) is 1. The first-order valence-corrected chi connectivity index (χ1v) is 3.78. The highest BCUT2D eigenvalue weighted by Gasteiger charge is 2.29. The summed E-state index contributed by atoms with van der Waals surface area (Å²) in [6, 6.07) is 4.69. The molecule has 0 aliphatic carbocycles. The Bertz CT molecular complexity index is 305. The van der Waals surface area contributed by atoms with Crippen molar-refractivity contribution in [2.24, 2.45) is 5.16 Å². The normalized spacial score (nSPS) is 11.1. The molecule has 0 heterocycles. The number of halogens is 3. The summed E-state index contributed by atoms with van der Waals surface area (Å²) in [6.07, 6.45) is -4.30. The maximum absolute atomic E-state index is 12.1. The molecule has 1 aromatic rings. The van der Waals surface area contributed by atoms with Crippen molar-refractivity contribution < 1.29 is 18.0 Å². The number of hydrogen-bond donors (Lipinski definition) is 0. The molecule has 0 spiro atoms. The Labute approximate surface area is 79.0 Å². The van der Waals surface area contributed by atoms with Crippen molar-refractivity contribution in [1.82, 2.24) is 0 Å². The van der Waals surface area contributed by atoms with Crippen LogP contribution in [-0.2, 0) is 17.6 Å². The summed E-state index contributed by atoms with van der Waals surface area (Å²) >= 11 is 0. The summed E-state index contributed by atoms with van der Waals surface area (Å²) in [4.78, 5) is 4.58. The van der Waals surface area contributed by atoms with Gasteiger partial charge in [0.15, 0.2) is 0 Å². The number of rotatable bonds is 3. The zero-order valence-corrected chi connectivity index (χ0v) is 7.21. The van der Waals surface area contributed by atoms with Gasteiger partial charge in [0.1, 0.15) is 6.61 Å². The zero-order chi connectivity index (χ0) is 10.6. The molecule has 0 bridgehead atoms. The van der Waals surface area contributed by atoms with Crippen LogP contribution >= 0.6 is 0 Å². The largest absolute Gasteiger partial charge is 0.416 e. The van der Waals surface area contributed by atoms with E-state index in [2.05, 4.69) is 16.7 Å². The zero-order valence-electron chi connectivity index (χ0n) is 7.21. The maximum atomic E-state index is 12.1. The molecule has 14 heavy (non-hydrogen) atoms. The van der Waals surface area contributed by atoms with E-state index in [0.717, 1.165) is 12.1 Å². The van der Waals surface area contributed by atoms with Gasteiger partial charge < -0.3 is 4.84 Å². The molecule has 0 aliphatic rings. The summed E-state index contributed by atoms with van der Waals surface area (Å²) in [6.45, 7) is 3.21. The van der Waals surface area contributed by atoms with Gasteiger partial charge in [0.2, 0.25) is 0 Å². The van der Waals surface area contributed by atoms with Gasteiger partial charge in [0, 0.05) is 6.72 Å². The van der Waals surface area contributed by atoms with Gasteiger partial charge in [-0.25, -0.2) is 0 Å². The molecule has 0 atom stereocenters. The SMILES string of the molecule is C=NOCc1ccc(C(F)(F)F)cc1. The Hall–Kier alpha value is -1.52. The number of alkyl halides is 3. The van der Waals surface area contributed by atoms with Gasteiger partial charge in [0.25, 0.3) is 0 Å². The van der Waals surface area contributed by atoms with Gasteiger partial charge in [-0.05, 0) is 17.7 Å². The maximum Gasteiger partial charge on any atom is 0.416 e. The fourth-order valence-corrected chi connectivity index (χ4v) is 0.910. The van der Waals surface area contributed by atoms with Crippen LogP contribution in [0.2, 0.25) is 0 Å². The third kappa shape index (κ3) is 2.76. The average Bonchev–Trinajstić information content (AvgIpc) is 2.14. The lowest BCUT2D eigenvalue weighted by molar-refractivity contribution is -0.137. The van der Waals surface area contributed by atoms with Crippen LogP contribution in [-0.4, -0.2) is 6.72 Å². The molecule has 0 unspecified atom stereocenters. The van der Waals surface area contributed by atoms with Crippen LogP contribution in [0.15, 0.2) is 29.4 Å². The molecule has 0 radical (unpaired) electrons. The molecule has 0 saturated carbocycles. The summed E-state index contributed by atoms with van der Waals surface area (Å²) in [5.74, 6) is 0. The Morgan fingerprint density at radius 3 is 2.21 bits per heavy atom. The first kappa shape index (κ1) is 10.6. The predicted molar refractivity (Wildman–Crippen MR) is 45.8 cm³/mol. The molecule has 0 amide bonds. The molecular formula is C9H8F3NO. The molecule has 0 saturated heterocycles. The molecule has 2 nitrogen and oxygen atoms in total. The average molecular weight is 203 g/mol. The molecule has 1 aromatic carbocycles. The summed E-state index contributed by atoms with van der Waals surface area (Å²) in [5.41, 5.74) is -0.0572. The van der Waals surface area contributed by atoms with Crippen LogP contribution in [0.25, 0.3) is 0 Å². The van der Waals surface area contributed by atoms with Crippen molar-refractivity contribution in [2.45, 2.75) is 12.8 Å². The second kappa shape index (κ2) is 4.13. The van der Waals surface area contributed by atoms with Gasteiger partial charge in [-0.15, -0.1) is 5.16 Å². The van der Waals surface area contributed by atoms with E-state index < -0.39 is 11.7 Å². The van der Waals surface area contributed by atoms with Gasteiger partial charge in [0.05, 0.1) is 5.56 Å². The van der Waals surface area contributed by atoms with Crippen LogP contribution in [0.1, 0.15) is 11.1 Å². The Morgan fingerprint density at radius 2 is 1.79 bits per heavy atom. The molecule has 76 valence electrons. The Balaban J connectivity index is 2.73. The fraction of sp³-hybridized carbons (Fsp3) is 0.222. The Kier molecular flexibility index (Phi) is 3.11. The van der Waals surface area contributed by atoms with Crippen molar-refractivity contribution in [2.75, 3.05) is 0 Å². The van der Waals surface area contributed by atoms with Crippen molar-refractivity contribution in [3.63, 3.8) is 0 Å². The minimum atomic E-state index is -4.30. The van der Waals surface area contributed by atoms with E-state index in [9.17, 15) is 13.2 Å².